The topological polar surface area (TPSA) is 58.4 Å². The van der Waals surface area contributed by atoms with Gasteiger partial charge in [0.1, 0.15) is 0 Å². The first-order chi connectivity index (χ1) is 5.76. The number of rotatable bonds is 6. The standard InChI is InChI=1S/C8H17N3O/c1-3-4-8(9)11(7-12)6-5-10-2/h5-8,10H,3-4,9H2,1-2H3/b6-5-. The van der Waals surface area contributed by atoms with Crippen molar-refractivity contribution in [3.8, 4) is 0 Å². The minimum absolute atomic E-state index is 0.211. The van der Waals surface area contributed by atoms with E-state index in [4.69, 9.17) is 5.73 Å². The van der Waals surface area contributed by atoms with Crippen molar-refractivity contribution >= 4 is 6.41 Å². The molecular formula is C8H17N3O. The van der Waals surface area contributed by atoms with Gasteiger partial charge < -0.3 is 16.0 Å². The van der Waals surface area contributed by atoms with Gasteiger partial charge in [-0.15, -0.1) is 0 Å². The molecule has 0 aliphatic heterocycles. The van der Waals surface area contributed by atoms with Crippen molar-refractivity contribution < 1.29 is 4.79 Å². The number of hydrogen-bond acceptors (Lipinski definition) is 3. The zero-order valence-electron chi connectivity index (χ0n) is 7.66. The van der Waals surface area contributed by atoms with E-state index >= 15 is 0 Å². The molecule has 0 radical (unpaired) electrons. The SMILES string of the molecule is CCCC(N)N(C=O)/C=C\NC. The van der Waals surface area contributed by atoms with E-state index in [9.17, 15) is 4.79 Å². The summed E-state index contributed by atoms with van der Waals surface area (Å²) >= 11 is 0. The Morgan fingerprint density at radius 1 is 1.67 bits per heavy atom. The quantitative estimate of drug-likeness (QED) is 0.444. The van der Waals surface area contributed by atoms with Crippen LogP contribution < -0.4 is 11.1 Å². The summed E-state index contributed by atoms with van der Waals surface area (Å²) in [6.07, 6.45) is 5.61. The highest BCUT2D eigenvalue weighted by Gasteiger charge is 2.06. The third-order valence-electron chi connectivity index (χ3n) is 1.50. The summed E-state index contributed by atoms with van der Waals surface area (Å²) < 4.78 is 0. The van der Waals surface area contributed by atoms with E-state index in [1.807, 2.05) is 6.92 Å². The molecule has 0 saturated heterocycles. The van der Waals surface area contributed by atoms with Gasteiger partial charge in [-0.05, 0) is 6.42 Å². The first kappa shape index (κ1) is 11.0. The summed E-state index contributed by atoms with van der Waals surface area (Å²) in [6.45, 7) is 2.03. The Morgan fingerprint density at radius 3 is 2.75 bits per heavy atom. The van der Waals surface area contributed by atoms with Crippen LogP contribution in [0.2, 0.25) is 0 Å². The minimum atomic E-state index is -0.211. The van der Waals surface area contributed by atoms with Gasteiger partial charge in [0.05, 0.1) is 6.17 Å². The predicted molar refractivity (Wildman–Crippen MR) is 49.0 cm³/mol. The number of carbonyl (C=O) groups excluding carboxylic acids is 1. The fraction of sp³-hybridized carbons (Fsp3) is 0.625. The van der Waals surface area contributed by atoms with E-state index in [-0.39, 0.29) is 6.17 Å². The second-order valence-corrected chi connectivity index (χ2v) is 2.51. The second-order valence-electron chi connectivity index (χ2n) is 2.51. The van der Waals surface area contributed by atoms with Crippen LogP contribution in [0.1, 0.15) is 19.8 Å². The monoisotopic (exact) mass is 171 g/mol. The van der Waals surface area contributed by atoms with Crippen LogP contribution in [0.25, 0.3) is 0 Å². The third-order valence-corrected chi connectivity index (χ3v) is 1.50. The normalized spacial score (nSPS) is 12.9. The lowest BCUT2D eigenvalue weighted by Gasteiger charge is -2.20. The molecule has 0 aromatic rings. The Labute approximate surface area is 73.4 Å². The molecule has 1 amide bonds. The Morgan fingerprint density at radius 2 is 2.33 bits per heavy atom. The van der Waals surface area contributed by atoms with Crippen LogP contribution in [0.15, 0.2) is 12.4 Å². The molecule has 0 saturated carbocycles. The molecule has 0 rings (SSSR count). The van der Waals surface area contributed by atoms with Gasteiger partial charge in [0.15, 0.2) is 0 Å². The lowest BCUT2D eigenvalue weighted by molar-refractivity contribution is -0.117. The summed E-state index contributed by atoms with van der Waals surface area (Å²) in [7, 11) is 1.77. The van der Waals surface area contributed by atoms with Crippen molar-refractivity contribution in [3.63, 3.8) is 0 Å². The van der Waals surface area contributed by atoms with Crippen LogP contribution in [0.5, 0.6) is 0 Å². The molecular weight excluding hydrogens is 154 g/mol. The highest BCUT2D eigenvalue weighted by Crippen LogP contribution is 1.98. The van der Waals surface area contributed by atoms with E-state index in [0.29, 0.717) is 0 Å². The van der Waals surface area contributed by atoms with Crippen molar-refractivity contribution in [2.75, 3.05) is 7.05 Å². The zero-order chi connectivity index (χ0) is 9.40. The van der Waals surface area contributed by atoms with Gasteiger partial charge in [-0.1, -0.05) is 13.3 Å². The molecule has 0 aliphatic carbocycles. The van der Waals surface area contributed by atoms with E-state index in [2.05, 4.69) is 5.32 Å². The first-order valence-corrected chi connectivity index (χ1v) is 4.08. The number of carbonyl (C=O) groups is 1. The van der Waals surface area contributed by atoms with Gasteiger partial charge in [-0.2, -0.15) is 0 Å². The van der Waals surface area contributed by atoms with Gasteiger partial charge in [0.25, 0.3) is 0 Å². The maximum absolute atomic E-state index is 10.5. The second kappa shape index (κ2) is 6.67. The van der Waals surface area contributed by atoms with Gasteiger partial charge in [-0.3, -0.25) is 4.79 Å². The molecule has 70 valence electrons. The summed E-state index contributed by atoms with van der Waals surface area (Å²) in [4.78, 5) is 11.9. The molecule has 1 atom stereocenters. The molecule has 0 aromatic heterocycles. The largest absolute Gasteiger partial charge is 0.393 e. The van der Waals surface area contributed by atoms with Crippen LogP contribution in [0.4, 0.5) is 0 Å². The molecule has 12 heavy (non-hydrogen) atoms. The fourth-order valence-corrected chi connectivity index (χ4v) is 0.829. The van der Waals surface area contributed by atoms with Crippen molar-refractivity contribution in [2.45, 2.75) is 25.9 Å². The molecule has 0 aromatic carbocycles. The highest BCUT2D eigenvalue weighted by molar-refractivity contribution is 5.49. The van der Waals surface area contributed by atoms with Crippen LogP contribution >= 0.6 is 0 Å². The number of amides is 1. The average molecular weight is 171 g/mol. The molecule has 4 nitrogen and oxygen atoms in total. The third kappa shape index (κ3) is 3.98. The summed E-state index contributed by atoms with van der Waals surface area (Å²) in [6, 6.07) is 0. The Kier molecular flexibility index (Phi) is 6.09. The van der Waals surface area contributed by atoms with Gasteiger partial charge in [0.2, 0.25) is 6.41 Å². The number of nitrogens with zero attached hydrogens (tertiary/aromatic N) is 1. The Hall–Kier alpha value is -1.03. The number of hydrogen-bond donors (Lipinski definition) is 2. The van der Waals surface area contributed by atoms with Crippen LogP contribution in [-0.4, -0.2) is 24.5 Å². The van der Waals surface area contributed by atoms with Crippen molar-refractivity contribution in [1.82, 2.24) is 10.2 Å². The maximum atomic E-state index is 10.5. The Balaban J connectivity index is 3.95. The summed E-state index contributed by atoms with van der Waals surface area (Å²) in [5.74, 6) is 0. The van der Waals surface area contributed by atoms with E-state index in [1.54, 1.807) is 19.4 Å². The fourth-order valence-electron chi connectivity index (χ4n) is 0.829. The smallest absolute Gasteiger partial charge is 0.215 e. The minimum Gasteiger partial charge on any atom is -0.393 e. The Bertz CT molecular complexity index is 147. The molecule has 0 heterocycles. The van der Waals surface area contributed by atoms with Gasteiger partial charge in [-0.25, -0.2) is 0 Å². The average Bonchev–Trinajstić information content (AvgIpc) is 2.06. The lowest BCUT2D eigenvalue weighted by atomic mass is 10.3. The molecule has 0 bridgehead atoms. The molecule has 0 spiro atoms. The van der Waals surface area contributed by atoms with E-state index in [0.717, 1.165) is 19.3 Å². The van der Waals surface area contributed by atoms with Crippen molar-refractivity contribution in [2.24, 2.45) is 5.73 Å². The highest BCUT2D eigenvalue weighted by atomic mass is 16.1. The van der Waals surface area contributed by atoms with Crippen LogP contribution in [-0.2, 0) is 4.79 Å². The number of nitrogens with two attached hydrogens (primary N) is 1. The molecule has 1 unspecified atom stereocenters. The summed E-state index contributed by atoms with van der Waals surface area (Å²) in [5, 5.41) is 2.79. The van der Waals surface area contributed by atoms with Crippen molar-refractivity contribution in [3.05, 3.63) is 12.4 Å². The van der Waals surface area contributed by atoms with Crippen molar-refractivity contribution in [1.29, 1.82) is 0 Å². The first-order valence-electron chi connectivity index (χ1n) is 4.08. The zero-order valence-corrected chi connectivity index (χ0v) is 7.66. The van der Waals surface area contributed by atoms with Crippen LogP contribution in [0.3, 0.4) is 0 Å². The molecule has 4 heteroatoms. The lowest BCUT2D eigenvalue weighted by Crippen LogP contribution is -2.37. The van der Waals surface area contributed by atoms with Gasteiger partial charge >= 0.3 is 0 Å². The molecule has 3 N–H and O–H groups in total. The predicted octanol–water partition coefficient (Wildman–Crippen LogP) is 0.220. The van der Waals surface area contributed by atoms with E-state index < -0.39 is 0 Å². The van der Waals surface area contributed by atoms with Gasteiger partial charge in [0, 0.05) is 19.4 Å². The van der Waals surface area contributed by atoms with Crippen LogP contribution in [0, 0.1) is 0 Å². The molecule has 0 aliphatic rings. The maximum Gasteiger partial charge on any atom is 0.215 e. The van der Waals surface area contributed by atoms with E-state index in [1.165, 1.54) is 4.90 Å². The molecule has 0 fully saturated rings. The summed E-state index contributed by atoms with van der Waals surface area (Å²) in [5.41, 5.74) is 5.70. The number of nitrogens with one attached hydrogen (secondary N) is 1.